The molecule has 4 aromatic rings. The molecular formula is C22H22N4O2S. The molecule has 0 saturated carbocycles. The van der Waals surface area contributed by atoms with Crippen LogP contribution in [-0.4, -0.2) is 32.5 Å². The first-order chi connectivity index (χ1) is 14.1. The summed E-state index contributed by atoms with van der Waals surface area (Å²) in [4.78, 5) is 21.1. The number of nitrogens with zero attached hydrogens (tertiary/aromatic N) is 4. The Bertz CT molecular complexity index is 1150. The number of aryl methyl sites for hydroxylation is 2. The molecule has 1 aromatic carbocycles. The predicted molar refractivity (Wildman–Crippen MR) is 113 cm³/mol. The van der Waals surface area contributed by atoms with Gasteiger partial charge in [0, 0.05) is 21.8 Å². The van der Waals surface area contributed by atoms with Gasteiger partial charge in [0.25, 0.3) is 5.91 Å². The molecule has 3 aromatic heterocycles. The molecule has 0 radical (unpaired) electrons. The number of ether oxygens (including phenoxy) is 1. The molecule has 0 fully saturated rings. The zero-order valence-electron chi connectivity index (χ0n) is 16.6. The Morgan fingerprint density at radius 2 is 2.00 bits per heavy atom. The van der Waals surface area contributed by atoms with Crippen LogP contribution in [0.1, 0.15) is 32.2 Å². The van der Waals surface area contributed by atoms with Crippen LogP contribution in [0, 0.1) is 13.8 Å². The third-order valence-electron chi connectivity index (χ3n) is 4.78. The van der Waals surface area contributed by atoms with Crippen molar-refractivity contribution in [3.8, 4) is 5.75 Å². The Balaban J connectivity index is 1.73. The number of fused-ring (bicyclic) bond motifs is 1. The Kier molecular flexibility index (Phi) is 5.31. The minimum atomic E-state index is -0.100. The molecular weight excluding hydrogens is 384 g/mol. The molecule has 3 heterocycles. The number of para-hydroxylation sites is 1. The molecule has 148 valence electrons. The Hall–Kier alpha value is -3.19. The van der Waals surface area contributed by atoms with Gasteiger partial charge in [-0.15, -0.1) is 11.3 Å². The van der Waals surface area contributed by atoms with Crippen LogP contribution in [0.5, 0.6) is 5.75 Å². The quantitative estimate of drug-likeness (QED) is 0.480. The maximum atomic E-state index is 13.6. The smallest absolute Gasteiger partial charge is 0.259 e. The van der Waals surface area contributed by atoms with Crippen molar-refractivity contribution in [3.05, 3.63) is 81.4 Å². The summed E-state index contributed by atoms with van der Waals surface area (Å²) in [7, 11) is 1.64. The molecule has 0 aliphatic carbocycles. The van der Waals surface area contributed by atoms with E-state index in [0.717, 1.165) is 27.6 Å². The van der Waals surface area contributed by atoms with E-state index in [9.17, 15) is 4.79 Å². The number of carbonyl (C=O) groups is 1. The molecule has 0 bridgehead atoms. The van der Waals surface area contributed by atoms with Crippen molar-refractivity contribution in [2.24, 2.45) is 0 Å². The highest BCUT2D eigenvalue weighted by Gasteiger charge is 2.23. The first-order valence-corrected chi connectivity index (χ1v) is 10.2. The van der Waals surface area contributed by atoms with Gasteiger partial charge in [-0.1, -0.05) is 24.3 Å². The second-order valence-electron chi connectivity index (χ2n) is 6.88. The average molecular weight is 407 g/mol. The Labute approximate surface area is 173 Å². The van der Waals surface area contributed by atoms with Crippen LogP contribution >= 0.6 is 11.3 Å². The van der Waals surface area contributed by atoms with Crippen LogP contribution in [0.15, 0.2) is 54.0 Å². The summed E-state index contributed by atoms with van der Waals surface area (Å²) < 4.78 is 7.20. The summed E-state index contributed by atoms with van der Waals surface area (Å²) in [5.41, 5.74) is 3.85. The summed E-state index contributed by atoms with van der Waals surface area (Å²) in [5.74, 6) is 0.665. The van der Waals surface area contributed by atoms with E-state index in [1.807, 2.05) is 66.6 Å². The van der Waals surface area contributed by atoms with E-state index in [4.69, 9.17) is 4.74 Å². The van der Waals surface area contributed by atoms with E-state index in [-0.39, 0.29) is 5.91 Å². The third kappa shape index (κ3) is 3.86. The molecule has 0 aliphatic rings. The molecule has 29 heavy (non-hydrogen) atoms. The predicted octanol–water partition coefficient (Wildman–Crippen LogP) is 4.26. The fourth-order valence-corrected chi connectivity index (χ4v) is 4.14. The van der Waals surface area contributed by atoms with E-state index in [1.54, 1.807) is 29.2 Å². The minimum absolute atomic E-state index is 0.100. The summed E-state index contributed by atoms with van der Waals surface area (Å²) in [6.07, 6.45) is 1.61. The van der Waals surface area contributed by atoms with Gasteiger partial charge < -0.3 is 9.64 Å². The number of thiophene rings is 1. The van der Waals surface area contributed by atoms with E-state index in [0.29, 0.717) is 24.3 Å². The molecule has 0 N–H and O–H groups in total. The highest BCUT2D eigenvalue weighted by Crippen LogP contribution is 2.24. The van der Waals surface area contributed by atoms with Crippen molar-refractivity contribution < 1.29 is 9.53 Å². The first kappa shape index (κ1) is 19.1. The molecule has 0 unspecified atom stereocenters. The fraction of sp³-hybridized carbons (Fsp3) is 0.227. The second kappa shape index (κ2) is 8.05. The summed E-state index contributed by atoms with van der Waals surface area (Å²) in [6, 6.07) is 13.8. The van der Waals surface area contributed by atoms with Gasteiger partial charge in [-0.25, -0.2) is 9.50 Å². The number of amides is 1. The van der Waals surface area contributed by atoms with E-state index < -0.39 is 0 Å². The van der Waals surface area contributed by atoms with Gasteiger partial charge >= 0.3 is 0 Å². The molecule has 6 nitrogen and oxygen atoms in total. The van der Waals surface area contributed by atoms with Gasteiger partial charge in [-0.05, 0) is 37.4 Å². The largest absolute Gasteiger partial charge is 0.496 e. The lowest BCUT2D eigenvalue weighted by atomic mass is 10.1. The molecule has 7 heteroatoms. The molecule has 1 amide bonds. The van der Waals surface area contributed by atoms with Crippen LogP contribution < -0.4 is 4.74 Å². The number of rotatable bonds is 6. The Morgan fingerprint density at radius 3 is 2.76 bits per heavy atom. The number of benzene rings is 1. The zero-order valence-corrected chi connectivity index (χ0v) is 17.4. The summed E-state index contributed by atoms with van der Waals surface area (Å²) >= 11 is 1.63. The van der Waals surface area contributed by atoms with Gasteiger partial charge in [0.1, 0.15) is 11.3 Å². The van der Waals surface area contributed by atoms with Crippen LogP contribution in [0.25, 0.3) is 5.65 Å². The van der Waals surface area contributed by atoms with E-state index in [1.165, 1.54) is 0 Å². The van der Waals surface area contributed by atoms with Crippen molar-refractivity contribution in [2.45, 2.75) is 26.9 Å². The minimum Gasteiger partial charge on any atom is -0.496 e. The zero-order chi connectivity index (χ0) is 20.4. The SMILES string of the molecule is COc1ccccc1CN(Cc1cccs1)C(=O)c1cnn2c(C)cc(C)nc12. The van der Waals surface area contributed by atoms with Gasteiger partial charge in [0.05, 0.1) is 26.4 Å². The second-order valence-corrected chi connectivity index (χ2v) is 7.92. The molecule has 0 aliphatic heterocycles. The fourth-order valence-electron chi connectivity index (χ4n) is 3.42. The lowest BCUT2D eigenvalue weighted by Gasteiger charge is -2.23. The standard InChI is InChI=1S/C22H22N4O2S/c1-15-11-16(2)26-21(24-15)19(12-23-26)22(27)25(14-18-8-6-10-29-18)13-17-7-4-5-9-20(17)28-3/h4-12H,13-14H2,1-3H3. The lowest BCUT2D eigenvalue weighted by Crippen LogP contribution is -2.30. The number of hydrogen-bond acceptors (Lipinski definition) is 5. The lowest BCUT2D eigenvalue weighted by molar-refractivity contribution is 0.0732. The topological polar surface area (TPSA) is 59.7 Å². The number of methoxy groups -OCH3 is 1. The maximum Gasteiger partial charge on any atom is 0.259 e. The maximum absolute atomic E-state index is 13.6. The van der Waals surface area contributed by atoms with Crippen molar-refractivity contribution in [2.75, 3.05) is 7.11 Å². The van der Waals surface area contributed by atoms with E-state index >= 15 is 0 Å². The number of hydrogen-bond donors (Lipinski definition) is 0. The van der Waals surface area contributed by atoms with Crippen LogP contribution in [0.2, 0.25) is 0 Å². The van der Waals surface area contributed by atoms with Crippen LogP contribution in [-0.2, 0) is 13.1 Å². The van der Waals surface area contributed by atoms with Gasteiger partial charge in [0.2, 0.25) is 0 Å². The average Bonchev–Trinajstić information content (AvgIpc) is 3.37. The molecule has 0 atom stereocenters. The summed E-state index contributed by atoms with van der Waals surface area (Å²) in [6.45, 7) is 4.83. The molecule has 0 spiro atoms. The normalized spacial score (nSPS) is 11.0. The number of carbonyl (C=O) groups excluding carboxylic acids is 1. The first-order valence-electron chi connectivity index (χ1n) is 9.32. The van der Waals surface area contributed by atoms with Crippen LogP contribution in [0.4, 0.5) is 0 Å². The van der Waals surface area contributed by atoms with Gasteiger partial charge in [-0.2, -0.15) is 5.10 Å². The van der Waals surface area contributed by atoms with Crippen molar-refractivity contribution in [1.82, 2.24) is 19.5 Å². The molecule has 0 saturated heterocycles. The molecule has 4 rings (SSSR count). The van der Waals surface area contributed by atoms with Crippen molar-refractivity contribution in [3.63, 3.8) is 0 Å². The van der Waals surface area contributed by atoms with Gasteiger partial charge in [-0.3, -0.25) is 4.79 Å². The highest BCUT2D eigenvalue weighted by atomic mass is 32.1. The number of aromatic nitrogens is 3. The summed E-state index contributed by atoms with van der Waals surface area (Å²) in [5, 5.41) is 6.40. The van der Waals surface area contributed by atoms with Crippen molar-refractivity contribution >= 4 is 22.9 Å². The van der Waals surface area contributed by atoms with Crippen molar-refractivity contribution in [1.29, 1.82) is 0 Å². The van der Waals surface area contributed by atoms with Gasteiger partial charge in [0.15, 0.2) is 5.65 Å². The Morgan fingerprint density at radius 1 is 1.17 bits per heavy atom. The van der Waals surface area contributed by atoms with E-state index in [2.05, 4.69) is 10.1 Å². The third-order valence-corrected chi connectivity index (χ3v) is 5.64. The highest BCUT2D eigenvalue weighted by molar-refractivity contribution is 7.09. The monoisotopic (exact) mass is 406 g/mol. The van der Waals surface area contributed by atoms with Crippen LogP contribution in [0.3, 0.4) is 0 Å².